The zero-order chi connectivity index (χ0) is 18.1. The van der Waals surface area contributed by atoms with Gasteiger partial charge in [0.15, 0.2) is 5.96 Å². The largest absolute Gasteiger partial charge is 0.377 e. The van der Waals surface area contributed by atoms with Crippen LogP contribution in [0.4, 0.5) is 5.69 Å². The molecule has 2 heterocycles. The fourth-order valence-corrected chi connectivity index (χ4v) is 5.10. The second-order valence-electron chi connectivity index (χ2n) is 8.52. The van der Waals surface area contributed by atoms with Gasteiger partial charge in [0.2, 0.25) is 0 Å². The van der Waals surface area contributed by atoms with Gasteiger partial charge in [0.25, 0.3) is 0 Å². The first-order valence-electron chi connectivity index (χ1n) is 10.0. The smallest absolute Gasteiger partial charge is 0.191 e. The number of fused-ring (bicyclic) bond motifs is 1. The first-order valence-corrected chi connectivity index (χ1v) is 10.0. The zero-order valence-corrected chi connectivity index (χ0v) is 19.0. The molecule has 0 spiro atoms. The quantitative estimate of drug-likeness (QED) is 0.393. The molecule has 150 valence electrons. The van der Waals surface area contributed by atoms with Gasteiger partial charge in [0.1, 0.15) is 0 Å². The number of hydrogen-bond donors (Lipinski definition) is 2. The van der Waals surface area contributed by atoms with Crippen molar-refractivity contribution >= 4 is 35.6 Å². The van der Waals surface area contributed by atoms with Crippen LogP contribution in [-0.2, 0) is 4.74 Å². The number of nitrogens with zero attached hydrogens (tertiary/aromatic N) is 2. The Morgan fingerprint density at radius 2 is 1.96 bits per heavy atom. The Morgan fingerprint density at radius 1 is 1.19 bits per heavy atom. The molecule has 1 saturated carbocycles. The number of nitrogens with one attached hydrogen (secondary N) is 2. The molecule has 27 heavy (non-hydrogen) atoms. The Morgan fingerprint density at radius 3 is 2.70 bits per heavy atom. The number of para-hydroxylation sites is 1. The van der Waals surface area contributed by atoms with Gasteiger partial charge in [-0.25, -0.2) is 0 Å². The van der Waals surface area contributed by atoms with Crippen molar-refractivity contribution in [1.82, 2.24) is 10.6 Å². The van der Waals surface area contributed by atoms with Crippen LogP contribution >= 0.6 is 24.0 Å². The number of benzene rings is 1. The van der Waals surface area contributed by atoms with Crippen molar-refractivity contribution in [1.29, 1.82) is 0 Å². The monoisotopic (exact) mass is 484 g/mol. The van der Waals surface area contributed by atoms with Gasteiger partial charge in [0.05, 0.1) is 6.10 Å². The second-order valence-corrected chi connectivity index (χ2v) is 8.52. The molecule has 1 aromatic rings. The maximum absolute atomic E-state index is 5.92. The first-order chi connectivity index (χ1) is 12.6. The maximum Gasteiger partial charge on any atom is 0.191 e. The lowest BCUT2D eigenvalue weighted by atomic mass is 9.57. The number of hydrogen-bond acceptors (Lipinski definition) is 3. The van der Waals surface area contributed by atoms with Gasteiger partial charge < -0.3 is 20.3 Å². The molecule has 0 radical (unpaired) electrons. The maximum atomic E-state index is 5.92. The molecular weight excluding hydrogens is 451 g/mol. The summed E-state index contributed by atoms with van der Waals surface area (Å²) in [5, 5.41) is 7.39. The molecule has 6 heteroatoms. The predicted molar refractivity (Wildman–Crippen MR) is 122 cm³/mol. The molecule has 2 aliphatic heterocycles. The zero-order valence-electron chi connectivity index (χ0n) is 16.6. The summed E-state index contributed by atoms with van der Waals surface area (Å²) in [6, 6.07) is 11.6. The third-order valence-electron chi connectivity index (χ3n) is 6.50. The van der Waals surface area contributed by atoms with Gasteiger partial charge in [-0.2, -0.15) is 0 Å². The van der Waals surface area contributed by atoms with Crippen molar-refractivity contribution < 1.29 is 4.74 Å². The third kappa shape index (κ3) is 4.06. The SMILES string of the molecule is CN=C(NC1CCCN(c2ccccc2)C1)NC1C2CCOC2C1(C)C.I. The highest BCUT2D eigenvalue weighted by molar-refractivity contribution is 14.0. The number of rotatable bonds is 3. The van der Waals surface area contributed by atoms with Gasteiger partial charge in [-0.1, -0.05) is 32.0 Å². The van der Waals surface area contributed by atoms with Crippen molar-refractivity contribution in [3.8, 4) is 0 Å². The normalized spacial score (nSPS) is 32.1. The molecule has 1 aromatic carbocycles. The average molecular weight is 484 g/mol. The van der Waals surface area contributed by atoms with E-state index in [0.29, 0.717) is 24.1 Å². The molecule has 0 aromatic heterocycles. The lowest BCUT2D eigenvalue weighted by Crippen LogP contribution is -2.68. The van der Waals surface area contributed by atoms with Gasteiger partial charge >= 0.3 is 0 Å². The summed E-state index contributed by atoms with van der Waals surface area (Å²) in [7, 11) is 1.88. The van der Waals surface area contributed by atoms with E-state index in [4.69, 9.17) is 4.74 Å². The van der Waals surface area contributed by atoms with E-state index in [0.717, 1.165) is 32.1 Å². The van der Waals surface area contributed by atoms with Crippen LogP contribution in [0.1, 0.15) is 33.1 Å². The summed E-state index contributed by atoms with van der Waals surface area (Å²) < 4.78 is 5.92. The van der Waals surface area contributed by atoms with E-state index in [2.05, 4.69) is 64.7 Å². The van der Waals surface area contributed by atoms with E-state index in [1.54, 1.807) is 0 Å². The highest BCUT2D eigenvalue weighted by Crippen LogP contribution is 2.52. The minimum atomic E-state index is 0. The molecule has 4 unspecified atom stereocenters. The summed E-state index contributed by atoms with van der Waals surface area (Å²) in [6.07, 6.45) is 3.96. The summed E-state index contributed by atoms with van der Waals surface area (Å²) in [5.74, 6) is 1.56. The predicted octanol–water partition coefficient (Wildman–Crippen LogP) is 3.25. The van der Waals surface area contributed by atoms with E-state index in [-0.39, 0.29) is 29.4 Å². The standard InChI is InChI=1S/C21H32N4O.HI/c1-21(2)18(17-11-13-26-19(17)21)24-20(22-3)23-15-8-7-12-25(14-15)16-9-5-4-6-10-16;/h4-6,9-10,15,17-19H,7-8,11-14H2,1-3H3,(H2,22,23,24);1H. The van der Waals surface area contributed by atoms with Crippen molar-refractivity contribution in [3.05, 3.63) is 30.3 Å². The number of halogens is 1. The molecule has 0 bridgehead atoms. The minimum Gasteiger partial charge on any atom is -0.377 e. The summed E-state index contributed by atoms with van der Waals surface area (Å²) >= 11 is 0. The van der Waals surface area contributed by atoms with Crippen molar-refractivity contribution in [3.63, 3.8) is 0 Å². The number of guanidine groups is 1. The molecule has 2 saturated heterocycles. The number of anilines is 1. The average Bonchev–Trinajstić information content (AvgIpc) is 3.13. The van der Waals surface area contributed by atoms with Crippen LogP contribution in [-0.4, -0.2) is 50.9 Å². The highest BCUT2D eigenvalue weighted by atomic mass is 127. The van der Waals surface area contributed by atoms with Crippen molar-refractivity contribution in [2.24, 2.45) is 16.3 Å². The van der Waals surface area contributed by atoms with Crippen LogP contribution < -0.4 is 15.5 Å². The van der Waals surface area contributed by atoms with Gasteiger partial charge in [-0.3, -0.25) is 4.99 Å². The van der Waals surface area contributed by atoms with E-state index in [1.165, 1.54) is 18.5 Å². The van der Waals surface area contributed by atoms with Gasteiger partial charge in [0, 0.05) is 55.8 Å². The fraction of sp³-hybridized carbons (Fsp3) is 0.667. The summed E-state index contributed by atoms with van der Waals surface area (Å²) in [5.41, 5.74) is 1.48. The van der Waals surface area contributed by atoms with Crippen LogP contribution in [0.15, 0.2) is 35.3 Å². The molecule has 5 nitrogen and oxygen atoms in total. The molecule has 2 N–H and O–H groups in total. The molecule has 1 aliphatic carbocycles. The van der Waals surface area contributed by atoms with Crippen LogP contribution in [0.25, 0.3) is 0 Å². The Balaban J connectivity index is 0.00000210. The van der Waals surface area contributed by atoms with Crippen molar-refractivity contribution in [2.45, 2.75) is 51.3 Å². The van der Waals surface area contributed by atoms with E-state index < -0.39 is 0 Å². The minimum absolute atomic E-state index is 0. The number of piperidine rings is 1. The number of ether oxygens (including phenoxy) is 1. The molecular formula is C21H33IN4O. The van der Waals surface area contributed by atoms with E-state index in [1.807, 2.05) is 7.05 Å². The van der Waals surface area contributed by atoms with Crippen LogP contribution in [0.2, 0.25) is 0 Å². The van der Waals surface area contributed by atoms with E-state index >= 15 is 0 Å². The number of aliphatic imine (C=N–C) groups is 1. The first kappa shape index (κ1) is 20.7. The topological polar surface area (TPSA) is 48.9 Å². The Hall–Kier alpha value is -1.02. The molecule has 4 rings (SSSR count). The molecule has 3 aliphatic rings. The fourth-order valence-electron chi connectivity index (χ4n) is 5.10. The third-order valence-corrected chi connectivity index (χ3v) is 6.50. The van der Waals surface area contributed by atoms with Crippen LogP contribution in [0.3, 0.4) is 0 Å². The van der Waals surface area contributed by atoms with Crippen molar-refractivity contribution in [2.75, 3.05) is 31.6 Å². The summed E-state index contributed by atoms with van der Waals surface area (Å²) in [4.78, 5) is 6.99. The van der Waals surface area contributed by atoms with Gasteiger partial charge in [-0.15, -0.1) is 24.0 Å². The highest BCUT2D eigenvalue weighted by Gasteiger charge is 2.59. The molecule has 0 amide bonds. The van der Waals surface area contributed by atoms with Crippen LogP contribution in [0, 0.1) is 11.3 Å². The second kappa shape index (κ2) is 8.55. The lowest BCUT2D eigenvalue weighted by molar-refractivity contribution is -0.106. The molecule has 4 atom stereocenters. The Kier molecular flexibility index (Phi) is 6.56. The summed E-state index contributed by atoms with van der Waals surface area (Å²) in [6.45, 7) is 7.67. The van der Waals surface area contributed by atoms with Gasteiger partial charge in [-0.05, 0) is 31.4 Å². The van der Waals surface area contributed by atoms with Crippen LogP contribution in [0.5, 0.6) is 0 Å². The Bertz CT molecular complexity index is 651. The molecule has 3 fully saturated rings. The van der Waals surface area contributed by atoms with E-state index in [9.17, 15) is 0 Å². The Labute approximate surface area is 180 Å². The lowest BCUT2D eigenvalue weighted by Gasteiger charge is -2.55.